The Hall–Kier alpha value is -3.84. The summed E-state index contributed by atoms with van der Waals surface area (Å²) in [5.41, 5.74) is 5.15. The number of carboxylic acids is 1. The Morgan fingerprint density at radius 2 is 1.63 bits per heavy atom. The first kappa shape index (κ1) is 24.3. The molecule has 0 bridgehead atoms. The molecular formula is C27H25ClN2O5. The first-order chi connectivity index (χ1) is 16.8. The van der Waals surface area contributed by atoms with Crippen molar-refractivity contribution in [2.24, 2.45) is 5.92 Å². The summed E-state index contributed by atoms with van der Waals surface area (Å²) in [7, 11) is 0. The van der Waals surface area contributed by atoms with Gasteiger partial charge in [-0.15, -0.1) is 0 Å². The van der Waals surface area contributed by atoms with E-state index in [1.54, 1.807) is 6.92 Å². The standard InChI is InChI=1S/C27H25ClN2O5/c1-16(26(32)33)12-13-29-25(31)17-10-11-24(23(28)14-17)30-27(34)35-15-22-20-8-4-2-6-18(20)19-7-3-5-9-21(19)22/h2-11,14,16,22H,12-13,15H2,1H3,(H,29,31)(H,30,34)(H,32,33). The highest BCUT2D eigenvalue weighted by Gasteiger charge is 2.29. The molecule has 35 heavy (non-hydrogen) atoms. The highest BCUT2D eigenvalue weighted by atomic mass is 35.5. The van der Waals surface area contributed by atoms with Crippen molar-refractivity contribution in [2.45, 2.75) is 19.3 Å². The third-order valence-electron chi connectivity index (χ3n) is 6.10. The molecule has 0 saturated carbocycles. The molecule has 7 nitrogen and oxygen atoms in total. The smallest absolute Gasteiger partial charge is 0.411 e. The van der Waals surface area contributed by atoms with E-state index >= 15 is 0 Å². The highest BCUT2D eigenvalue weighted by molar-refractivity contribution is 6.34. The Balaban J connectivity index is 1.34. The van der Waals surface area contributed by atoms with E-state index in [4.69, 9.17) is 21.4 Å². The van der Waals surface area contributed by atoms with Crippen LogP contribution in [0.3, 0.4) is 0 Å². The van der Waals surface area contributed by atoms with Gasteiger partial charge in [0.2, 0.25) is 0 Å². The number of amides is 2. The first-order valence-electron chi connectivity index (χ1n) is 11.3. The molecule has 0 saturated heterocycles. The van der Waals surface area contributed by atoms with E-state index in [2.05, 4.69) is 22.8 Å². The predicted octanol–water partition coefficient (Wildman–Crippen LogP) is 5.54. The zero-order valence-corrected chi connectivity index (χ0v) is 19.8. The maximum absolute atomic E-state index is 12.5. The maximum atomic E-state index is 12.5. The third-order valence-corrected chi connectivity index (χ3v) is 6.41. The van der Waals surface area contributed by atoms with E-state index in [1.807, 2.05) is 36.4 Å². The van der Waals surface area contributed by atoms with Crippen molar-refractivity contribution in [1.29, 1.82) is 0 Å². The summed E-state index contributed by atoms with van der Waals surface area (Å²) in [6.45, 7) is 1.98. The number of carbonyl (C=O) groups excluding carboxylic acids is 2. The molecule has 0 aliphatic heterocycles. The zero-order chi connectivity index (χ0) is 24.9. The van der Waals surface area contributed by atoms with E-state index in [1.165, 1.54) is 18.2 Å². The monoisotopic (exact) mass is 492 g/mol. The molecule has 1 unspecified atom stereocenters. The molecule has 3 N–H and O–H groups in total. The van der Waals surface area contributed by atoms with Crippen LogP contribution in [0.25, 0.3) is 11.1 Å². The lowest BCUT2D eigenvalue weighted by Crippen LogP contribution is -2.27. The van der Waals surface area contributed by atoms with E-state index in [0.717, 1.165) is 22.3 Å². The lowest BCUT2D eigenvalue weighted by Gasteiger charge is -2.15. The molecule has 2 amide bonds. The summed E-state index contributed by atoms with van der Waals surface area (Å²) in [6, 6.07) is 20.7. The molecule has 0 spiro atoms. The van der Waals surface area contributed by atoms with Crippen molar-refractivity contribution < 1.29 is 24.2 Å². The molecule has 4 rings (SSSR count). The van der Waals surface area contributed by atoms with Crippen LogP contribution in [-0.4, -0.2) is 36.2 Å². The van der Waals surface area contributed by atoms with Crippen molar-refractivity contribution in [3.63, 3.8) is 0 Å². The van der Waals surface area contributed by atoms with Gasteiger partial charge in [0, 0.05) is 18.0 Å². The lowest BCUT2D eigenvalue weighted by molar-refractivity contribution is -0.141. The van der Waals surface area contributed by atoms with Crippen molar-refractivity contribution in [2.75, 3.05) is 18.5 Å². The fourth-order valence-corrected chi connectivity index (χ4v) is 4.36. The van der Waals surface area contributed by atoms with E-state index in [9.17, 15) is 14.4 Å². The van der Waals surface area contributed by atoms with Gasteiger partial charge in [0.25, 0.3) is 5.91 Å². The van der Waals surface area contributed by atoms with Crippen molar-refractivity contribution in [3.8, 4) is 11.1 Å². The number of aliphatic carboxylic acids is 1. The van der Waals surface area contributed by atoms with Crippen molar-refractivity contribution >= 4 is 35.3 Å². The van der Waals surface area contributed by atoms with Gasteiger partial charge in [-0.2, -0.15) is 0 Å². The summed E-state index contributed by atoms with van der Waals surface area (Å²) in [5, 5.41) is 14.4. The Bertz CT molecular complexity index is 1230. The van der Waals surface area contributed by atoms with Gasteiger partial charge in [0.05, 0.1) is 16.6 Å². The van der Waals surface area contributed by atoms with Crippen LogP contribution in [0.4, 0.5) is 10.5 Å². The van der Waals surface area contributed by atoms with Gasteiger partial charge in [0.15, 0.2) is 0 Å². The number of fused-ring (bicyclic) bond motifs is 3. The van der Waals surface area contributed by atoms with Crippen molar-refractivity contribution in [3.05, 3.63) is 88.4 Å². The third kappa shape index (κ3) is 5.46. The topological polar surface area (TPSA) is 105 Å². The molecular weight excluding hydrogens is 468 g/mol. The number of carboxylic acid groups (broad SMARTS) is 1. The van der Waals surface area contributed by atoms with Gasteiger partial charge in [-0.3, -0.25) is 14.9 Å². The largest absolute Gasteiger partial charge is 0.481 e. The number of hydrogen-bond acceptors (Lipinski definition) is 4. The van der Waals surface area contributed by atoms with Gasteiger partial charge in [-0.05, 0) is 46.9 Å². The SMILES string of the molecule is CC(CCNC(=O)c1ccc(NC(=O)OCC2c3ccccc3-c3ccccc32)c(Cl)c1)C(=O)O. The summed E-state index contributed by atoms with van der Waals surface area (Å²) in [6.07, 6.45) is -0.329. The number of anilines is 1. The van der Waals surface area contributed by atoms with Crippen LogP contribution in [0.5, 0.6) is 0 Å². The Kier molecular flexibility index (Phi) is 7.36. The molecule has 3 aromatic carbocycles. The Morgan fingerprint density at radius 3 is 2.23 bits per heavy atom. The maximum Gasteiger partial charge on any atom is 0.411 e. The van der Waals surface area contributed by atoms with Gasteiger partial charge >= 0.3 is 12.1 Å². The number of ether oxygens (including phenoxy) is 1. The minimum absolute atomic E-state index is 0.0569. The lowest BCUT2D eigenvalue weighted by atomic mass is 9.98. The molecule has 0 aromatic heterocycles. The number of rotatable bonds is 8. The molecule has 0 fully saturated rings. The minimum atomic E-state index is -0.911. The van der Waals surface area contributed by atoms with Crippen LogP contribution in [0.1, 0.15) is 40.7 Å². The van der Waals surface area contributed by atoms with Crippen molar-refractivity contribution in [1.82, 2.24) is 5.32 Å². The molecule has 3 aromatic rings. The van der Waals surface area contributed by atoms with Gasteiger partial charge in [0.1, 0.15) is 6.61 Å². The molecule has 1 aliphatic rings. The van der Waals surface area contributed by atoms with E-state index < -0.39 is 18.0 Å². The predicted molar refractivity (Wildman–Crippen MR) is 134 cm³/mol. The summed E-state index contributed by atoms with van der Waals surface area (Å²) in [5.74, 6) is -1.90. The summed E-state index contributed by atoms with van der Waals surface area (Å²) in [4.78, 5) is 35.7. The minimum Gasteiger partial charge on any atom is -0.481 e. The van der Waals surface area contributed by atoms with Crippen LogP contribution >= 0.6 is 11.6 Å². The van der Waals surface area contributed by atoms with Crippen LogP contribution in [0.15, 0.2) is 66.7 Å². The van der Waals surface area contributed by atoms with E-state index in [-0.39, 0.29) is 30.0 Å². The molecule has 0 heterocycles. The fraction of sp³-hybridized carbons (Fsp3) is 0.222. The zero-order valence-electron chi connectivity index (χ0n) is 19.1. The normalized spacial score (nSPS) is 12.9. The average Bonchev–Trinajstić information content (AvgIpc) is 3.17. The number of nitrogens with one attached hydrogen (secondary N) is 2. The van der Waals surface area contributed by atoms with E-state index in [0.29, 0.717) is 17.7 Å². The molecule has 8 heteroatoms. The van der Waals surface area contributed by atoms with Crippen LogP contribution < -0.4 is 10.6 Å². The van der Waals surface area contributed by atoms with Gasteiger partial charge in [-0.25, -0.2) is 4.79 Å². The Labute approximate surface area is 208 Å². The number of halogens is 1. The average molecular weight is 493 g/mol. The quantitative estimate of drug-likeness (QED) is 0.383. The molecule has 1 atom stereocenters. The number of carbonyl (C=O) groups is 3. The molecule has 0 radical (unpaired) electrons. The second kappa shape index (κ2) is 10.6. The molecule has 180 valence electrons. The molecule has 1 aliphatic carbocycles. The summed E-state index contributed by atoms with van der Waals surface area (Å²) >= 11 is 6.28. The summed E-state index contributed by atoms with van der Waals surface area (Å²) < 4.78 is 5.54. The Morgan fingerprint density at radius 1 is 1.00 bits per heavy atom. The number of hydrogen-bond donors (Lipinski definition) is 3. The number of benzene rings is 3. The van der Waals surface area contributed by atoms with Gasteiger partial charge < -0.3 is 15.2 Å². The second-order valence-electron chi connectivity index (χ2n) is 8.43. The van der Waals surface area contributed by atoms with Crippen LogP contribution in [0, 0.1) is 5.92 Å². The van der Waals surface area contributed by atoms with Crippen LogP contribution in [-0.2, 0) is 9.53 Å². The first-order valence-corrected chi connectivity index (χ1v) is 11.7. The van der Waals surface area contributed by atoms with Crippen LogP contribution in [0.2, 0.25) is 5.02 Å². The fourth-order valence-electron chi connectivity index (χ4n) is 4.13. The highest BCUT2D eigenvalue weighted by Crippen LogP contribution is 2.44. The second-order valence-corrected chi connectivity index (χ2v) is 8.84. The van der Waals surface area contributed by atoms with Gasteiger partial charge in [-0.1, -0.05) is 67.1 Å².